The molecule has 0 aliphatic carbocycles. The van der Waals surface area contributed by atoms with Gasteiger partial charge < -0.3 is 5.32 Å². The van der Waals surface area contributed by atoms with Crippen molar-refractivity contribution in [3.8, 4) is 0 Å². The average molecular weight is 284 g/mol. The fraction of sp³-hybridized carbons (Fsp3) is 0.182. The van der Waals surface area contributed by atoms with Gasteiger partial charge in [0.15, 0.2) is 0 Å². The van der Waals surface area contributed by atoms with Crippen LogP contribution in [0.1, 0.15) is 10.6 Å². The second kappa shape index (κ2) is 5.32. The van der Waals surface area contributed by atoms with Crippen LogP contribution in [0, 0.1) is 17.0 Å². The van der Waals surface area contributed by atoms with E-state index in [-0.39, 0.29) is 5.69 Å². The number of nitrogens with zero attached hydrogens (tertiary/aromatic N) is 2. The van der Waals surface area contributed by atoms with Gasteiger partial charge in [0.1, 0.15) is 5.01 Å². The summed E-state index contributed by atoms with van der Waals surface area (Å²) in [4.78, 5) is 14.4. The van der Waals surface area contributed by atoms with Crippen molar-refractivity contribution >= 4 is 34.3 Å². The molecular formula is C11H10ClN3O2S. The maximum atomic E-state index is 10.7. The lowest BCUT2D eigenvalue weighted by Crippen LogP contribution is -2.02. The summed E-state index contributed by atoms with van der Waals surface area (Å²) in [5.41, 5.74) is 1.44. The van der Waals surface area contributed by atoms with Crippen LogP contribution in [0.15, 0.2) is 23.7 Å². The number of aryl methyl sites for hydroxylation is 1. The summed E-state index contributed by atoms with van der Waals surface area (Å²) in [7, 11) is 0. The fourth-order valence-electron chi connectivity index (χ4n) is 1.56. The van der Waals surface area contributed by atoms with Gasteiger partial charge in [0.05, 0.1) is 22.2 Å². The summed E-state index contributed by atoms with van der Waals surface area (Å²) in [6.07, 6.45) is 1.73. The Labute approximate surface area is 113 Å². The summed E-state index contributed by atoms with van der Waals surface area (Å²) in [5, 5.41) is 17.0. The van der Waals surface area contributed by atoms with Gasteiger partial charge in [0.2, 0.25) is 0 Å². The molecule has 1 heterocycles. The van der Waals surface area contributed by atoms with Crippen LogP contribution in [-0.2, 0) is 6.54 Å². The Hall–Kier alpha value is -1.66. The van der Waals surface area contributed by atoms with E-state index < -0.39 is 4.92 Å². The van der Waals surface area contributed by atoms with Gasteiger partial charge in [-0.05, 0) is 12.5 Å². The molecule has 18 heavy (non-hydrogen) atoms. The predicted molar refractivity (Wildman–Crippen MR) is 72.3 cm³/mol. The Kier molecular flexibility index (Phi) is 3.78. The standard InChI is InChI=1S/C11H10ClN3O2S/c1-7-4-8(15(16)17)5-9(12)11(7)14-6-10-13-2-3-18-10/h2-5,14H,6H2,1H3. The largest absolute Gasteiger partial charge is 0.377 e. The number of benzene rings is 1. The highest BCUT2D eigenvalue weighted by Gasteiger charge is 2.13. The first-order valence-electron chi connectivity index (χ1n) is 5.14. The highest BCUT2D eigenvalue weighted by Crippen LogP contribution is 2.31. The number of thiazole rings is 1. The highest BCUT2D eigenvalue weighted by atomic mass is 35.5. The minimum absolute atomic E-state index is 0.00250. The molecule has 1 aromatic carbocycles. The molecule has 1 N–H and O–H groups in total. The third-order valence-corrected chi connectivity index (χ3v) is 3.46. The summed E-state index contributed by atoms with van der Waals surface area (Å²) >= 11 is 7.57. The Morgan fingerprint density at radius 2 is 2.33 bits per heavy atom. The van der Waals surface area contributed by atoms with Gasteiger partial charge in [0, 0.05) is 23.7 Å². The number of halogens is 1. The van der Waals surface area contributed by atoms with Crippen molar-refractivity contribution in [3.05, 3.63) is 49.4 Å². The molecule has 0 unspecified atom stereocenters. The molecule has 0 amide bonds. The number of non-ortho nitro benzene ring substituents is 1. The molecule has 0 atom stereocenters. The van der Waals surface area contributed by atoms with Crippen LogP contribution in [-0.4, -0.2) is 9.91 Å². The van der Waals surface area contributed by atoms with Crippen LogP contribution in [0.2, 0.25) is 5.02 Å². The molecule has 0 aliphatic rings. The topological polar surface area (TPSA) is 68.1 Å². The van der Waals surface area contributed by atoms with E-state index in [0.717, 1.165) is 10.6 Å². The van der Waals surface area contributed by atoms with Crippen molar-refractivity contribution in [2.75, 3.05) is 5.32 Å². The van der Waals surface area contributed by atoms with Crippen LogP contribution in [0.5, 0.6) is 0 Å². The monoisotopic (exact) mass is 283 g/mol. The molecule has 7 heteroatoms. The molecule has 0 fully saturated rings. The zero-order valence-electron chi connectivity index (χ0n) is 9.51. The molecule has 5 nitrogen and oxygen atoms in total. The van der Waals surface area contributed by atoms with Gasteiger partial charge in [0.25, 0.3) is 5.69 Å². The quantitative estimate of drug-likeness (QED) is 0.687. The molecule has 0 bridgehead atoms. The van der Waals surface area contributed by atoms with E-state index in [1.807, 2.05) is 5.38 Å². The van der Waals surface area contributed by atoms with Crippen LogP contribution >= 0.6 is 22.9 Å². The molecule has 0 aliphatic heterocycles. The van der Waals surface area contributed by atoms with Gasteiger partial charge >= 0.3 is 0 Å². The lowest BCUT2D eigenvalue weighted by Gasteiger charge is -2.10. The van der Waals surface area contributed by atoms with Crippen LogP contribution in [0.3, 0.4) is 0 Å². The molecule has 0 saturated heterocycles. The maximum Gasteiger partial charge on any atom is 0.271 e. The van der Waals surface area contributed by atoms with Crippen molar-refractivity contribution in [3.63, 3.8) is 0 Å². The Morgan fingerprint density at radius 3 is 2.89 bits per heavy atom. The normalized spacial score (nSPS) is 10.3. The van der Waals surface area contributed by atoms with Gasteiger partial charge in [-0.3, -0.25) is 10.1 Å². The summed E-state index contributed by atoms with van der Waals surface area (Å²) in [5.74, 6) is 0. The lowest BCUT2D eigenvalue weighted by atomic mass is 10.2. The molecule has 0 radical (unpaired) electrons. The number of hydrogen-bond donors (Lipinski definition) is 1. The zero-order chi connectivity index (χ0) is 13.1. The fourth-order valence-corrected chi connectivity index (χ4v) is 2.44. The molecule has 2 aromatic rings. The van der Waals surface area contributed by atoms with Gasteiger partial charge in [-0.25, -0.2) is 4.98 Å². The number of anilines is 1. The third kappa shape index (κ3) is 2.77. The van der Waals surface area contributed by atoms with Gasteiger partial charge in [-0.1, -0.05) is 11.6 Å². The van der Waals surface area contributed by atoms with E-state index in [1.165, 1.54) is 23.5 Å². The first-order chi connectivity index (χ1) is 8.58. The first kappa shape index (κ1) is 12.8. The van der Waals surface area contributed by atoms with E-state index in [2.05, 4.69) is 10.3 Å². The van der Waals surface area contributed by atoms with Crippen LogP contribution in [0.4, 0.5) is 11.4 Å². The smallest absolute Gasteiger partial charge is 0.271 e. The van der Waals surface area contributed by atoms with E-state index in [9.17, 15) is 10.1 Å². The summed E-state index contributed by atoms with van der Waals surface area (Å²) in [6.45, 7) is 2.33. The second-order valence-electron chi connectivity index (χ2n) is 3.66. The summed E-state index contributed by atoms with van der Waals surface area (Å²) in [6, 6.07) is 2.84. The SMILES string of the molecule is Cc1cc([N+](=O)[O-])cc(Cl)c1NCc1nccs1. The Bertz CT molecular complexity index is 549. The maximum absolute atomic E-state index is 10.7. The predicted octanol–water partition coefficient (Wildman–Crippen LogP) is 3.63. The van der Waals surface area contributed by atoms with Crippen molar-refractivity contribution in [1.29, 1.82) is 0 Å². The zero-order valence-corrected chi connectivity index (χ0v) is 11.1. The number of aromatic nitrogens is 1. The van der Waals surface area contributed by atoms with Crippen molar-refractivity contribution < 1.29 is 4.92 Å². The first-order valence-corrected chi connectivity index (χ1v) is 6.40. The molecule has 94 valence electrons. The van der Waals surface area contributed by atoms with E-state index in [0.29, 0.717) is 17.3 Å². The van der Waals surface area contributed by atoms with Crippen LogP contribution in [0.25, 0.3) is 0 Å². The van der Waals surface area contributed by atoms with Gasteiger partial charge in [-0.15, -0.1) is 11.3 Å². The summed E-state index contributed by atoms with van der Waals surface area (Å²) < 4.78 is 0. The number of hydrogen-bond acceptors (Lipinski definition) is 5. The van der Waals surface area contributed by atoms with E-state index in [4.69, 9.17) is 11.6 Å². The highest BCUT2D eigenvalue weighted by molar-refractivity contribution is 7.09. The number of nitrogens with one attached hydrogen (secondary N) is 1. The number of nitro benzene ring substituents is 1. The molecule has 0 saturated carbocycles. The van der Waals surface area contributed by atoms with Gasteiger partial charge in [-0.2, -0.15) is 0 Å². The minimum atomic E-state index is -0.455. The van der Waals surface area contributed by atoms with E-state index >= 15 is 0 Å². The van der Waals surface area contributed by atoms with E-state index in [1.54, 1.807) is 13.1 Å². The lowest BCUT2D eigenvalue weighted by molar-refractivity contribution is -0.384. The van der Waals surface area contributed by atoms with Crippen molar-refractivity contribution in [1.82, 2.24) is 4.98 Å². The Balaban J connectivity index is 2.20. The average Bonchev–Trinajstić information content (AvgIpc) is 2.80. The number of rotatable bonds is 4. The molecule has 1 aromatic heterocycles. The van der Waals surface area contributed by atoms with Crippen molar-refractivity contribution in [2.45, 2.75) is 13.5 Å². The molecule has 2 rings (SSSR count). The van der Waals surface area contributed by atoms with Crippen LogP contribution < -0.4 is 5.32 Å². The molecule has 0 spiro atoms. The number of nitro groups is 1. The van der Waals surface area contributed by atoms with Crippen molar-refractivity contribution in [2.24, 2.45) is 0 Å². The third-order valence-electron chi connectivity index (χ3n) is 2.38. The minimum Gasteiger partial charge on any atom is -0.377 e. The second-order valence-corrected chi connectivity index (χ2v) is 5.04. The molecular weight excluding hydrogens is 274 g/mol. The Morgan fingerprint density at radius 1 is 1.56 bits per heavy atom.